The molecule has 2 rings (SSSR count). The molecule has 1 aliphatic heterocycles. The molecule has 5 nitrogen and oxygen atoms in total. The number of β-amino-alcohol motifs (C(OH)–C–C–N with tert-alkyl or cyclic N) is 1. The largest absolute Gasteiger partial charge is 0.390 e. The summed E-state index contributed by atoms with van der Waals surface area (Å²) in [5.41, 5.74) is 0.480. The molecular formula is C12H17FN2O3S. The zero-order valence-electron chi connectivity index (χ0n) is 10.8. The number of aliphatic hydroxyl groups is 1. The predicted molar refractivity (Wildman–Crippen MR) is 68.8 cm³/mol. The monoisotopic (exact) mass is 288 g/mol. The molecule has 0 saturated carbocycles. The van der Waals surface area contributed by atoms with Gasteiger partial charge in [0, 0.05) is 20.1 Å². The topological polar surface area (TPSA) is 69.6 Å². The first-order valence-electron chi connectivity index (χ1n) is 5.97. The Labute approximate surface area is 112 Å². The zero-order valence-corrected chi connectivity index (χ0v) is 11.6. The Morgan fingerprint density at radius 1 is 1.42 bits per heavy atom. The van der Waals surface area contributed by atoms with E-state index in [4.69, 9.17) is 0 Å². The van der Waals surface area contributed by atoms with Crippen molar-refractivity contribution in [3.63, 3.8) is 0 Å². The Bertz CT molecular complexity index is 576. The zero-order chi connectivity index (χ0) is 14.2. The number of halogens is 1. The Morgan fingerprint density at radius 2 is 2.11 bits per heavy atom. The minimum absolute atomic E-state index is 0.0610. The number of rotatable bonds is 3. The van der Waals surface area contributed by atoms with Crippen LogP contribution >= 0.6 is 0 Å². The Morgan fingerprint density at radius 3 is 2.68 bits per heavy atom. The standard InChI is InChI=1S/C12H17FN2O3S/c1-8-3-4-9(13)5-12(8)19(17,18)15(2)10-6-14-7-11(10)16/h3-5,10-11,14,16H,6-7H2,1-2H3/t10-,11-/m0/s1. The van der Waals surface area contributed by atoms with E-state index in [2.05, 4.69) is 5.32 Å². The summed E-state index contributed by atoms with van der Waals surface area (Å²) in [6.45, 7) is 2.35. The number of aryl methyl sites for hydroxylation is 1. The SMILES string of the molecule is Cc1ccc(F)cc1S(=O)(=O)N(C)[C@H]1CNC[C@@H]1O. The normalized spacial score (nSPS) is 24.1. The van der Waals surface area contributed by atoms with Crippen LogP contribution in [0.2, 0.25) is 0 Å². The summed E-state index contributed by atoms with van der Waals surface area (Å²) in [6.07, 6.45) is -0.756. The van der Waals surface area contributed by atoms with Gasteiger partial charge in [0.05, 0.1) is 17.0 Å². The van der Waals surface area contributed by atoms with Gasteiger partial charge in [-0.2, -0.15) is 4.31 Å². The van der Waals surface area contributed by atoms with Crippen molar-refractivity contribution in [1.82, 2.24) is 9.62 Å². The Kier molecular flexibility index (Phi) is 3.91. The minimum atomic E-state index is -3.82. The van der Waals surface area contributed by atoms with Gasteiger partial charge in [-0.15, -0.1) is 0 Å². The molecule has 0 aromatic heterocycles. The van der Waals surface area contributed by atoms with Gasteiger partial charge in [-0.1, -0.05) is 6.07 Å². The number of likely N-dealkylation sites (N-methyl/N-ethyl adjacent to an activating group) is 1. The van der Waals surface area contributed by atoms with Crippen molar-refractivity contribution in [2.24, 2.45) is 0 Å². The third kappa shape index (κ3) is 2.64. The van der Waals surface area contributed by atoms with Crippen LogP contribution in [0.5, 0.6) is 0 Å². The van der Waals surface area contributed by atoms with Crippen molar-refractivity contribution >= 4 is 10.0 Å². The van der Waals surface area contributed by atoms with Crippen LogP contribution in [0.25, 0.3) is 0 Å². The van der Waals surface area contributed by atoms with Gasteiger partial charge < -0.3 is 10.4 Å². The molecule has 1 saturated heterocycles. The molecular weight excluding hydrogens is 271 g/mol. The maximum atomic E-state index is 13.3. The first-order valence-corrected chi connectivity index (χ1v) is 7.41. The maximum absolute atomic E-state index is 13.3. The third-order valence-electron chi connectivity index (χ3n) is 3.43. The van der Waals surface area contributed by atoms with E-state index in [1.165, 1.54) is 19.2 Å². The van der Waals surface area contributed by atoms with Crippen molar-refractivity contribution in [2.45, 2.75) is 24.0 Å². The van der Waals surface area contributed by atoms with Crippen LogP contribution in [0, 0.1) is 12.7 Å². The number of hydrogen-bond donors (Lipinski definition) is 2. The van der Waals surface area contributed by atoms with Crippen LogP contribution in [0.3, 0.4) is 0 Å². The van der Waals surface area contributed by atoms with Crippen LogP contribution in [0.15, 0.2) is 23.1 Å². The Balaban J connectivity index is 2.39. The fourth-order valence-corrected chi connectivity index (χ4v) is 3.83. The molecule has 19 heavy (non-hydrogen) atoms. The molecule has 7 heteroatoms. The lowest BCUT2D eigenvalue weighted by atomic mass is 10.2. The van der Waals surface area contributed by atoms with E-state index in [1.807, 2.05) is 0 Å². The molecule has 2 atom stereocenters. The van der Waals surface area contributed by atoms with Gasteiger partial charge in [-0.3, -0.25) is 0 Å². The van der Waals surface area contributed by atoms with E-state index < -0.39 is 28.0 Å². The molecule has 0 radical (unpaired) electrons. The van der Waals surface area contributed by atoms with Gasteiger partial charge in [0.25, 0.3) is 0 Å². The second-order valence-electron chi connectivity index (χ2n) is 4.72. The molecule has 0 bridgehead atoms. The van der Waals surface area contributed by atoms with Crippen molar-refractivity contribution in [1.29, 1.82) is 0 Å². The second kappa shape index (κ2) is 5.16. The maximum Gasteiger partial charge on any atom is 0.243 e. The van der Waals surface area contributed by atoms with Crippen LogP contribution in [-0.2, 0) is 10.0 Å². The van der Waals surface area contributed by atoms with Gasteiger partial charge >= 0.3 is 0 Å². The molecule has 1 aliphatic rings. The molecule has 0 amide bonds. The molecule has 106 valence electrons. The van der Waals surface area contributed by atoms with E-state index in [1.54, 1.807) is 6.92 Å². The summed E-state index contributed by atoms with van der Waals surface area (Å²) in [6, 6.07) is 3.13. The molecule has 1 aromatic carbocycles. The van der Waals surface area contributed by atoms with Gasteiger partial charge in [0.1, 0.15) is 5.82 Å². The fraction of sp³-hybridized carbons (Fsp3) is 0.500. The molecule has 1 aromatic rings. The van der Waals surface area contributed by atoms with E-state index in [9.17, 15) is 17.9 Å². The summed E-state index contributed by atoms with van der Waals surface area (Å²) in [4.78, 5) is -0.0610. The minimum Gasteiger partial charge on any atom is -0.390 e. The van der Waals surface area contributed by atoms with Crippen LogP contribution in [0.1, 0.15) is 5.56 Å². The lowest BCUT2D eigenvalue weighted by molar-refractivity contribution is 0.136. The highest BCUT2D eigenvalue weighted by Crippen LogP contribution is 2.23. The average Bonchev–Trinajstić information content (AvgIpc) is 2.77. The van der Waals surface area contributed by atoms with Gasteiger partial charge in [-0.05, 0) is 24.6 Å². The average molecular weight is 288 g/mol. The summed E-state index contributed by atoms with van der Waals surface area (Å²) in [7, 11) is -2.41. The van der Waals surface area contributed by atoms with E-state index in [0.717, 1.165) is 10.4 Å². The number of nitrogens with one attached hydrogen (secondary N) is 1. The van der Waals surface area contributed by atoms with E-state index in [0.29, 0.717) is 18.7 Å². The quantitative estimate of drug-likeness (QED) is 0.827. The number of benzene rings is 1. The lowest BCUT2D eigenvalue weighted by Crippen LogP contribution is -2.44. The summed E-state index contributed by atoms with van der Waals surface area (Å²) in [5.74, 6) is -0.595. The molecule has 1 heterocycles. The number of sulfonamides is 1. The number of hydrogen-bond acceptors (Lipinski definition) is 4. The second-order valence-corrected chi connectivity index (χ2v) is 6.69. The fourth-order valence-electron chi connectivity index (χ4n) is 2.21. The molecule has 0 spiro atoms. The number of nitrogens with zero attached hydrogens (tertiary/aromatic N) is 1. The summed E-state index contributed by atoms with van der Waals surface area (Å²) >= 11 is 0. The lowest BCUT2D eigenvalue weighted by Gasteiger charge is -2.26. The highest BCUT2D eigenvalue weighted by molar-refractivity contribution is 7.89. The van der Waals surface area contributed by atoms with Crippen molar-refractivity contribution in [3.8, 4) is 0 Å². The number of aliphatic hydroxyl groups excluding tert-OH is 1. The molecule has 0 aliphatic carbocycles. The van der Waals surface area contributed by atoms with Crippen molar-refractivity contribution < 1.29 is 17.9 Å². The van der Waals surface area contributed by atoms with E-state index >= 15 is 0 Å². The van der Waals surface area contributed by atoms with Crippen molar-refractivity contribution in [3.05, 3.63) is 29.6 Å². The van der Waals surface area contributed by atoms with Crippen LogP contribution in [-0.4, -0.2) is 50.1 Å². The van der Waals surface area contributed by atoms with Gasteiger partial charge in [-0.25, -0.2) is 12.8 Å². The third-order valence-corrected chi connectivity index (χ3v) is 5.45. The molecule has 1 fully saturated rings. The summed E-state index contributed by atoms with van der Waals surface area (Å²) in [5, 5.41) is 12.7. The predicted octanol–water partition coefficient (Wildman–Crippen LogP) is 0.0873. The molecule has 2 N–H and O–H groups in total. The van der Waals surface area contributed by atoms with Crippen molar-refractivity contribution in [2.75, 3.05) is 20.1 Å². The highest BCUT2D eigenvalue weighted by Gasteiger charge is 2.36. The smallest absolute Gasteiger partial charge is 0.243 e. The molecule has 0 unspecified atom stereocenters. The highest BCUT2D eigenvalue weighted by atomic mass is 32.2. The van der Waals surface area contributed by atoms with Gasteiger partial charge in [0.15, 0.2) is 0 Å². The van der Waals surface area contributed by atoms with Crippen LogP contribution in [0.4, 0.5) is 4.39 Å². The first kappa shape index (κ1) is 14.4. The first-order chi connectivity index (χ1) is 8.84. The van der Waals surface area contributed by atoms with Gasteiger partial charge in [0.2, 0.25) is 10.0 Å². The summed E-state index contributed by atoms with van der Waals surface area (Å²) < 4.78 is 39.3. The van der Waals surface area contributed by atoms with E-state index in [-0.39, 0.29) is 4.90 Å². The van der Waals surface area contributed by atoms with Crippen LogP contribution < -0.4 is 5.32 Å². The Hall–Kier alpha value is -1.02.